The van der Waals surface area contributed by atoms with Gasteiger partial charge < -0.3 is 9.84 Å². The summed E-state index contributed by atoms with van der Waals surface area (Å²) in [6.07, 6.45) is -0.680. The SMILES string of the molecule is CC(C)(C)OC(=O)n1nc(Cl)c2cccc(O)c21. The van der Waals surface area contributed by atoms with Gasteiger partial charge in [0.05, 0.1) is 0 Å². The zero-order valence-electron chi connectivity index (χ0n) is 10.3. The molecule has 1 aromatic heterocycles. The van der Waals surface area contributed by atoms with Gasteiger partial charge in [0.2, 0.25) is 0 Å². The number of hydrogen-bond acceptors (Lipinski definition) is 4. The molecule has 0 fully saturated rings. The Hall–Kier alpha value is -1.75. The Morgan fingerprint density at radius 2 is 2.11 bits per heavy atom. The van der Waals surface area contributed by atoms with Crippen LogP contribution in [0, 0.1) is 0 Å². The molecule has 0 saturated carbocycles. The molecule has 0 aliphatic carbocycles. The zero-order chi connectivity index (χ0) is 13.5. The van der Waals surface area contributed by atoms with Crippen molar-refractivity contribution < 1.29 is 14.6 Å². The van der Waals surface area contributed by atoms with Crippen molar-refractivity contribution in [1.29, 1.82) is 0 Å². The summed E-state index contributed by atoms with van der Waals surface area (Å²) in [5.74, 6) is -0.0715. The zero-order valence-corrected chi connectivity index (χ0v) is 11.0. The summed E-state index contributed by atoms with van der Waals surface area (Å²) in [5.41, 5.74) is -0.400. The molecule has 0 atom stereocenters. The summed E-state index contributed by atoms with van der Waals surface area (Å²) in [7, 11) is 0. The Morgan fingerprint density at radius 1 is 1.44 bits per heavy atom. The minimum absolute atomic E-state index is 0.0715. The fourth-order valence-corrected chi connectivity index (χ4v) is 1.78. The van der Waals surface area contributed by atoms with Crippen LogP contribution in [0.4, 0.5) is 4.79 Å². The van der Waals surface area contributed by atoms with E-state index in [9.17, 15) is 9.90 Å². The first kappa shape index (κ1) is 12.7. The van der Waals surface area contributed by atoms with E-state index in [4.69, 9.17) is 16.3 Å². The van der Waals surface area contributed by atoms with Gasteiger partial charge in [0.25, 0.3) is 0 Å². The molecule has 1 heterocycles. The van der Waals surface area contributed by atoms with Crippen LogP contribution < -0.4 is 0 Å². The second kappa shape index (κ2) is 4.17. The van der Waals surface area contributed by atoms with Gasteiger partial charge in [0.1, 0.15) is 16.9 Å². The predicted molar refractivity (Wildman–Crippen MR) is 68.0 cm³/mol. The van der Waals surface area contributed by atoms with Crippen LogP contribution in [0.5, 0.6) is 5.75 Å². The van der Waals surface area contributed by atoms with Crippen LogP contribution in [0.3, 0.4) is 0 Å². The lowest BCUT2D eigenvalue weighted by Gasteiger charge is -2.19. The van der Waals surface area contributed by atoms with Crippen molar-refractivity contribution in [3.63, 3.8) is 0 Å². The maximum Gasteiger partial charge on any atom is 0.435 e. The Morgan fingerprint density at radius 3 is 2.72 bits per heavy atom. The van der Waals surface area contributed by atoms with Gasteiger partial charge in [-0.3, -0.25) is 0 Å². The highest BCUT2D eigenvalue weighted by Crippen LogP contribution is 2.30. The third kappa shape index (κ3) is 2.26. The van der Waals surface area contributed by atoms with Crippen LogP contribution in [0.2, 0.25) is 5.15 Å². The molecule has 2 rings (SSSR count). The van der Waals surface area contributed by atoms with Crippen LogP contribution in [-0.2, 0) is 4.74 Å². The quantitative estimate of drug-likeness (QED) is 0.797. The van der Waals surface area contributed by atoms with Crippen molar-refractivity contribution >= 4 is 28.6 Å². The van der Waals surface area contributed by atoms with Crippen LogP contribution in [0.15, 0.2) is 18.2 Å². The summed E-state index contributed by atoms with van der Waals surface area (Å²) in [6.45, 7) is 5.24. The highest BCUT2D eigenvalue weighted by molar-refractivity contribution is 6.34. The number of benzene rings is 1. The molecule has 0 bridgehead atoms. The Bertz CT molecular complexity index is 614. The summed E-state index contributed by atoms with van der Waals surface area (Å²) < 4.78 is 6.16. The largest absolute Gasteiger partial charge is 0.506 e. The summed E-state index contributed by atoms with van der Waals surface area (Å²) in [6, 6.07) is 4.76. The van der Waals surface area contributed by atoms with Crippen LogP contribution >= 0.6 is 11.6 Å². The van der Waals surface area contributed by atoms with Crippen LogP contribution in [0.25, 0.3) is 10.9 Å². The summed E-state index contributed by atoms with van der Waals surface area (Å²) in [5, 5.41) is 14.3. The lowest BCUT2D eigenvalue weighted by Crippen LogP contribution is -2.27. The molecule has 0 spiro atoms. The lowest BCUT2D eigenvalue weighted by atomic mass is 10.2. The van der Waals surface area contributed by atoms with E-state index in [1.54, 1.807) is 32.9 Å². The number of phenolic OH excluding ortho intramolecular Hbond substituents is 1. The smallest absolute Gasteiger partial charge is 0.435 e. The van der Waals surface area contributed by atoms with Crippen LogP contribution in [0.1, 0.15) is 20.8 Å². The van der Waals surface area contributed by atoms with Crippen molar-refractivity contribution in [1.82, 2.24) is 9.78 Å². The molecular formula is C12H13ClN2O3. The van der Waals surface area contributed by atoms with Gasteiger partial charge in [-0.25, -0.2) is 4.79 Å². The fraction of sp³-hybridized carbons (Fsp3) is 0.333. The molecule has 18 heavy (non-hydrogen) atoms. The first-order valence-electron chi connectivity index (χ1n) is 5.39. The molecule has 5 nitrogen and oxygen atoms in total. The van der Waals surface area contributed by atoms with E-state index in [1.807, 2.05) is 0 Å². The molecule has 96 valence electrons. The average Bonchev–Trinajstić information content (AvgIpc) is 2.56. The van der Waals surface area contributed by atoms with E-state index in [1.165, 1.54) is 6.07 Å². The first-order valence-corrected chi connectivity index (χ1v) is 5.77. The van der Waals surface area contributed by atoms with Crippen molar-refractivity contribution in [3.05, 3.63) is 23.4 Å². The third-order valence-electron chi connectivity index (χ3n) is 2.20. The normalized spacial score (nSPS) is 11.8. The van der Waals surface area contributed by atoms with E-state index >= 15 is 0 Å². The number of aromatic hydroxyl groups is 1. The Balaban J connectivity index is 2.55. The van der Waals surface area contributed by atoms with Gasteiger partial charge in [-0.05, 0) is 32.9 Å². The molecule has 6 heteroatoms. The average molecular weight is 269 g/mol. The molecule has 0 saturated heterocycles. The van der Waals surface area contributed by atoms with Gasteiger partial charge in [-0.15, -0.1) is 5.10 Å². The number of para-hydroxylation sites is 1. The van der Waals surface area contributed by atoms with E-state index in [0.717, 1.165) is 4.68 Å². The Labute approximate surface area is 109 Å². The Kier molecular flexibility index (Phi) is 2.94. The standard InChI is InChI=1S/C12H13ClN2O3/c1-12(2,3)18-11(17)15-9-7(10(13)14-15)5-4-6-8(9)16/h4-6,16H,1-3H3. The maximum atomic E-state index is 11.9. The monoisotopic (exact) mass is 268 g/mol. The third-order valence-corrected chi connectivity index (χ3v) is 2.48. The molecule has 0 unspecified atom stereocenters. The number of phenols is 1. The fourth-order valence-electron chi connectivity index (χ4n) is 1.55. The minimum Gasteiger partial charge on any atom is -0.506 e. The topological polar surface area (TPSA) is 64.4 Å². The number of carbonyl (C=O) groups is 1. The lowest BCUT2D eigenvalue weighted by molar-refractivity contribution is 0.0522. The number of rotatable bonds is 0. The van der Waals surface area contributed by atoms with E-state index in [2.05, 4.69) is 5.10 Å². The number of ether oxygens (including phenoxy) is 1. The molecule has 0 aliphatic heterocycles. The van der Waals surface area contributed by atoms with Gasteiger partial charge in [0.15, 0.2) is 5.15 Å². The highest BCUT2D eigenvalue weighted by atomic mass is 35.5. The van der Waals surface area contributed by atoms with Gasteiger partial charge in [0, 0.05) is 5.39 Å². The van der Waals surface area contributed by atoms with Crippen LogP contribution in [-0.4, -0.2) is 26.6 Å². The van der Waals surface area contributed by atoms with Crippen molar-refractivity contribution in [3.8, 4) is 5.75 Å². The van der Waals surface area contributed by atoms with E-state index < -0.39 is 11.7 Å². The second-order valence-corrected chi connectivity index (χ2v) is 5.21. The predicted octanol–water partition coefficient (Wildman–Crippen LogP) is 3.18. The first-order chi connectivity index (χ1) is 8.29. The van der Waals surface area contributed by atoms with Crippen molar-refractivity contribution in [2.75, 3.05) is 0 Å². The maximum absolute atomic E-state index is 11.9. The van der Waals surface area contributed by atoms with Gasteiger partial charge in [-0.2, -0.15) is 4.68 Å². The molecule has 1 aromatic carbocycles. The highest BCUT2D eigenvalue weighted by Gasteiger charge is 2.23. The summed E-state index contributed by atoms with van der Waals surface area (Å²) in [4.78, 5) is 11.9. The second-order valence-electron chi connectivity index (χ2n) is 4.86. The summed E-state index contributed by atoms with van der Waals surface area (Å²) >= 11 is 5.91. The molecule has 1 N–H and O–H groups in total. The van der Waals surface area contributed by atoms with Gasteiger partial charge in [-0.1, -0.05) is 17.7 Å². The number of fused-ring (bicyclic) bond motifs is 1. The molecule has 2 aromatic rings. The van der Waals surface area contributed by atoms with E-state index in [0.29, 0.717) is 5.39 Å². The van der Waals surface area contributed by atoms with Crippen molar-refractivity contribution in [2.45, 2.75) is 26.4 Å². The molecule has 0 radical (unpaired) electrons. The number of hydrogen-bond donors (Lipinski definition) is 1. The number of halogens is 1. The number of aromatic nitrogens is 2. The molecule has 0 aliphatic rings. The van der Waals surface area contributed by atoms with Crippen molar-refractivity contribution in [2.24, 2.45) is 0 Å². The molecular weight excluding hydrogens is 256 g/mol. The number of nitrogens with zero attached hydrogens (tertiary/aromatic N) is 2. The van der Waals surface area contributed by atoms with Gasteiger partial charge >= 0.3 is 6.09 Å². The van der Waals surface area contributed by atoms with E-state index in [-0.39, 0.29) is 16.4 Å². The number of carbonyl (C=O) groups excluding carboxylic acids is 1. The minimum atomic E-state index is -0.680. The molecule has 0 amide bonds.